The first-order valence-electron chi connectivity index (χ1n) is 5.02. The Hall–Kier alpha value is -1.14. The molecule has 0 bridgehead atoms. The molecule has 16 heavy (non-hydrogen) atoms. The fourth-order valence-corrected chi connectivity index (χ4v) is 1.26. The number of esters is 1. The lowest BCUT2D eigenvalue weighted by atomic mass is 10.1. The largest absolute Gasteiger partial charge is 0.469 e. The minimum atomic E-state index is -0.419. The van der Waals surface area contributed by atoms with Gasteiger partial charge < -0.3 is 19.5 Å². The van der Waals surface area contributed by atoms with Gasteiger partial charge in [-0.1, -0.05) is 6.92 Å². The van der Waals surface area contributed by atoms with Crippen molar-refractivity contribution < 1.29 is 24.2 Å². The van der Waals surface area contributed by atoms with Crippen molar-refractivity contribution in [2.24, 2.45) is 5.92 Å². The monoisotopic (exact) mass is 233 g/mol. The lowest BCUT2D eigenvalue weighted by Gasteiger charge is -2.23. The van der Waals surface area contributed by atoms with Gasteiger partial charge in [0.1, 0.15) is 6.61 Å². The fourth-order valence-electron chi connectivity index (χ4n) is 1.26. The van der Waals surface area contributed by atoms with E-state index in [2.05, 4.69) is 4.74 Å². The summed E-state index contributed by atoms with van der Waals surface area (Å²) in [6, 6.07) is 0. The molecule has 0 aromatic carbocycles. The quantitative estimate of drug-likeness (QED) is 0.586. The third-order valence-electron chi connectivity index (χ3n) is 2.09. The highest BCUT2D eigenvalue weighted by molar-refractivity contribution is 5.78. The van der Waals surface area contributed by atoms with Gasteiger partial charge in [-0.25, -0.2) is 0 Å². The predicted molar refractivity (Wildman–Crippen MR) is 56.7 cm³/mol. The Kier molecular flexibility index (Phi) is 7.49. The second kappa shape index (κ2) is 8.06. The number of aliphatic hydroxyl groups excluding tert-OH is 1. The number of rotatable bonds is 7. The molecule has 0 radical (unpaired) electrons. The van der Waals surface area contributed by atoms with E-state index in [4.69, 9.17) is 9.84 Å². The molecular formula is C10H19NO5. The summed E-state index contributed by atoms with van der Waals surface area (Å²) in [7, 11) is 2.71. The zero-order chi connectivity index (χ0) is 12.6. The van der Waals surface area contributed by atoms with Crippen molar-refractivity contribution in [1.82, 2.24) is 4.90 Å². The van der Waals surface area contributed by atoms with Crippen LogP contribution in [-0.2, 0) is 19.1 Å². The van der Waals surface area contributed by atoms with Crippen molar-refractivity contribution in [2.45, 2.75) is 6.92 Å². The number of ether oxygens (including phenoxy) is 2. The summed E-state index contributed by atoms with van der Waals surface area (Å²) in [4.78, 5) is 24.1. The molecule has 0 rings (SSSR count). The van der Waals surface area contributed by atoms with Gasteiger partial charge in [0.2, 0.25) is 5.91 Å². The standard InChI is InChI=1S/C10H19NO5/c1-8(10(14)16-3)6-11(4-5-12)9(13)7-15-2/h8,12H,4-7H2,1-3H3. The first-order valence-corrected chi connectivity index (χ1v) is 5.02. The van der Waals surface area contributed by atoms with Gasteiger partial charge in [-0.05, 0) is 0 Å². The highest BCUT2D eigenvalue weighted by atomic mass is 16.5. The van der Waals surface area contributed by atoms with Crippen LogP contribution in [0.25, 0.3) is 0 Å². The fraction of sp³-hybridized carbons (Fsp3) is 0.800. The van der Waals surface area contributed by atoms with E-state index in [-0.39, 0.29) is 38.2 Å². The molecule has 0 saturated carbocycles. The molecule has 0 saturated heterocycles. The van der Waals surface area contributed by atoms with Gasteiger partial charge in [-0.3, -0.25) is 9.59 Å². The first kappa shape index (κ1) is 14.9. The number of aliphatic hydroxyl groups is 1. The van der Waals surface area contributed by atoms with Gasteiger partial charge in [0.15, 0.2) is 0 Å². The van der Waals surface area contributed by atoms with Crippen LogP contribution in [0.2, 0.25) is 0 Å². The molecule has 0 aliphatic carbocycles. The first-order chi connectivity index (χ1) is 7.56. The van der Waals surface area contributed by atoms with Crippen molar-refractivity contribution in [3.8, 4) is 0 Å². The van der Waals surface area contributed by atoms with E-state index in [0.29, 0.717) is 0 Å². The SMILES string of the molecule is COCC(=O)N(CCO)CC(C)C(=O)OC. The Morgan fingerprint density at radius 3 is 2.44 bits per heavy atom. The van der Waals surface area contributed by atoms with E-state index < -0.39 is 5.92 Å². The van der Waals surface area contributed by atoms with Crippen LogP contribution >= 0.6 is 0 Å². The minimum Gasteiger partial charge on any atom is -0.469 e. The Labute approximate surface area is 95.1 Å². The summed E-state index contributed by atoms with van der Waals surface area (Å²) < 4.78 is 9.27. The molecule has 6 heteroatoms. The van der Waals surface area contributed by atoms with E-state index in [0.717, 1.165) is 0 Å². The number of carbonyl (C=O) groups is 2. The van der Waals surface area contributed by atoms with E-state index >= 15 is 0 Å². The highest BCUT2D eigenvalue weighted by Gasteiger charge is 2.20. The number of amides is 1. The van der Waals surface area contributed by atoms with Crippen molar-refractivity contribution >= 4 is 11.9 Å². The normalized spacial score (nSPS) is 12.0. The van der Waals surface area contributed by atoms with Gasteiger partial charge in [0.25, 0.3) is 0 Å². The molecule has 0 spiro atoms. The molecule has 94 valence electrons. The maximum atomic E-state index is 11.5. The Bertz CT molecular complexity index is 231. The van der Waals surface area contributed by atoms with Crippen LogP contribution in [0.5, 0.6) is 0 Å². The minimum absolute atomic E-state index is 0.0616. The van der Waals surface area contributed by atoms with Crippen LogP contribution in [0.4, 0.5) is 0 Å². The molecule has 1 amide bonds. The van der Waals surface area contributed by atoms with E-state index in [9.17, 15) is 9.59 Å². The average molecular weight is 233 g/mol. The van der Waals surface area contributed by atoms with Crippen LogP contribution in [0.1, 0.15) is 6.92 Å². The maximum absolute atomic E-state index is 11.5. The summed E-state index contributed by atoms with van der Waals surface area (Å²) >= 11 is 0. The molecule has 0 aliphatic rings. The van der Waals surface area contributed by atoms with Gasteiger partial charge in [0, 0.05) is 20.2 Å². The van der Waals surface area contributed by atoms with Crippen molar-refractivity contribution in [3.05, 3.63) is 0 Å². The third kappa shape index (κ3) is 5.09. The molecule has 1 atom stereocenters. The van der Waals surface area contributed by atoms with E-state index in [1.807, 2.05) is 0 Å². The molecule has 1 N–H and O–H groups in total. The molecule has 0 aliphatic heterocycles. The molecule has 0 heterocycles. The molecule has 6 nitrogen and oxygen atoms in total. The van der Waals surface area contributed by atoms with Gasteiger partial charge in [-0.2, -0.15) is 0 Å². The van der Waals surface area contributed by atoms with Crippen LogP contribution in [0.15, 0.2) is 0 Å². The van der Waals surface area contributed by atoms with E-state index in [1.165, 1.54) is 19.1 Å². The smallest absolute Gasteiger partial charge is 0.310 e. The summed E-state index contributed by atoms with van der Waals surface area (Å²) in [5.41, 5.74) is 0. The van der Waals surface area contributed by atoms with Crippen LogP contribution in [-0.4, -0.2) is 62.4 Å². The van der Waals surface area contributed by atoms with Crippen LogP contribution < -0.4 is 0 Å². The average Bonchev–Trinajstić information content (AvgIpc) is 2.27. The number of hydrogen-bond donors (Lipinski definition) is 1. The zero-order valence-corrected chi connectivity index (χ0v) is 9.93. The van der Waals surface area contributed by atoms with Crippen molar-refractivity contribution in [2.75, 3.05) is 40.5 Å². The van der Waals surface area contributed by atoms with Gasteiger partial charge >= 0.3 is 5.97 Å². The number of carbonyl (C=O) groups excluding carboxylic acids is 2. The molecule has 0 aromatic heterocycles. The molecular weight excluding hydrogens is 214 g/mol. The predicted octanol–water partition coefficient (Wildman–Crippen LogP) is -0.737. The van der Waals surface area contributed by atoms with Gasteiger partial charge in [-0.15, -0.1) is 0 Å². The second-order valence-corrected chi connectivity index (χ2v) is 3.42. The number of hydrogen-bond acceptors (Lipinski definition) is 5. The molecule has 0 fully saturated rings. The Morgan fingerprint density at radius 1 is 1.38 bits per heavy atom. The Balaban J connectivity index is 4.31. The summed E-state index contributed by atoms with van der Waals surface area (Å²) in [5, 5.41) is 8.81. The summed E-state index contributed by atoms with van der Waals surface area (Å²) in [6.07, 6.45) is 0. The highest BCUT2D eigenvalue weighted by Crippen LogP contribution is 2.03. The number of methoxy groups -OCH3 is 2. The Morgan fingerprint density at radius 2 is 2.00 bits per heavy atom. The second-order valence-electron chi connectivity index (χ2n) is 3.42. The molecule has 1 unspecified atom stereocenters. The maximum Gasteiger partial charge on any atom is 0.310 e. The molecule has 0 aromatic rings. The summed E-state index contributed by atoms with van der Waals surface area (Å²) in [5.74, 6) is -1.06. The van der Waals surface area contributed by atoms with Gasteiger partial charge in [0.05, 0.1) is 19.6 Å². The topological polar surface area (TPSA) is 76.1 Å². The van der Waals surface area contributed by atoms with Crippen LogP contribution in [0, 0.1) is 5.92 Å². The number of nitrogens with zero attached hydrogens (tertiary/aromatic N) is 1. The third-order valence-corrected chi connectivity index (χ3v) is 2.09. The van der Waals surface area contributed by atoms with E-state index in [1.54, 1.807) is 6.92 Å². The van der Waals surface area contributed by atoms with Crippen molar-refractivity contribution in [1.29, 1.82) is 0 Å². The van der Waals surface area contributed by atoms with Crippen LogP contribution in [0.3, 0.4) is 0 Å². The zero-order valence-electron chi connectivity index (χ0n) is 9.93. The lowest BCUT2D eigenvalue weighted by molar-refractivity contribution is -0.147. The van der Waals surface area contributed by atoms with Crippen molar-refractivity contribution in [3.63, 3.8) is 0 Å². The lowest BCUT2D eigenvalue weighted by Crippen LogP contribution is -2.40. The summed E-state index contributed by atoms with van der Waals surface area (Å²) in [6.45, 7) is 1.85.